The second-order valence-corrected chi connectivity index (χ2v) is 7.63. The van der Waals surface area contributed by atoms with E-state index in [1.807, 2.05) is 36.4 Å². The number of nitrogens with zero attached hydrogens (tertiary/aromatic N) is 2. The van der Waals surface area contributed by atoms with Gasteiger partial charge in [0.05, 0.1) is 5.75 Å². The summed E-state index contributed by atoms with van der Waals surface area (Å²) in [6.45, 7) is 1.27. The van der Waals surface area contributed by atoms with E-state index in [1.54, 1.807) is 19.3 Å². The molecule has 148 valence electrons. The van der Waals surface area contributed by atoms with Gasteiger partial charge in [0.1, 0.15) is 0 Å². The molecule has 7 nitrogen and oxygen atoms in total. The Morgan fingerprint density at radius 2 is 1.89 bits per heavy atom. The molecule has 0 atom stereocenters. The molecule has 1 aromatic carbocycles. The fourth-order valence-electron chi connectivity index (χ4n) is 2.38. The monoisotopic (exact) mass is 503 g/mol. The number of aliphatic imine (C=N–C) groups is 1. The first-order valence-corrected chi connectivity index (χ1v) is 10.0. The second kappa shape index (κ2) is 11.9. The normalized spacial score (nSPS) is 11.6. The SMILES string of the molecule is CN=C(NCCc1ccccn1)NCc1cccc(CS(=O)(=O)NC)c1.I. The van der Waals surface area contributed by atoms with Gasteiger partial charge in [-0.15, -0.1) is 24.0 Å². The van der Waals surface area contributed by atoms with Crippen molar-refractivity contribution in [2.45, 2.75) is 18.7 Å². The van der Waals surface area contributed by atoms with Crippen molar-refractivity contribution in [3.8, 4) is 0 Å². The summed E-state index contributed by atoms with van der Waals surface area (Å²) in [6.07, 6.45) is 2.59. The zero-order valence-electron chi connectivity index (χ0n) is 15.5. The van der Waals surface area contributed by atoms with Crippen LogP contribution in [0.2, 0.25) is 0 Å². The van der Waals surface area contributed by atoms with Crippen molar-refractivity contribution in [1.82, 2.24) is 20.3 Å². The quantitative estimate of drug-likeness (QED) is 0.290. The summed E-state index contributed by atoms with van der Waals surface area (Å²) in [5.74, 6) is 0.656. The molecule has 0 saturated heterocycles. The fourth-order valence-corrected chi connectivity index (χ4v) is 3.15. The first kappa shape index (κ1) is 23.3. The smallest absolute Gasteiger partial charge is 0.215 e. The molecule has 27 heavy (non-hydrogen) atoms. The second-order valence-electron chi connectivity index (χ2n) is 5.71. The van der Waals surface area contributed by atoms with E-state index in [-0.39, 0.29) is 29.7 Å². The third-order valence-corrected chi connectivity index (χ3v) is 5.08. The highest BCUT2D eigenvalue weighted by molar-refractivity contribution is 14.0. The van der Waals surface area contributed by atoms with E-state index in [9.17, 15) is 8.42 Å². The Kier molecular flexibility index (Phi) is 10.3. The minimum Gasteiger partial charge on any atom is -0.356 e. The summed E-state index contributed by atoms with van der Waals surface area (Å²) in [5, 5.41) is 6.47. The molecule has 0 amide bonds. The van der Waals surface area contributed by atoms with Crippen LogP contribution in [0, 0.1) is 0 Å². The van der Waals surface area contributed by atoms with Crippen molar-refractivity contribution >= 4 is 40.0 Å². The molecule has 0 saturated carbocycles. The van der Waals surface area contributed by atoms with Gasteiger partial charge in [-0.25, -0.2) is 13.1 Å². The molecule has 0 aliphatic heterocycles. The van der Waals surface area contributed by atoms with E-state index in [1.165, 1.54) is 7.05 Å². The molecule has 0 spiro atoms. The Bertz CT molecular complexity index is 829. The summed E-state index contributed by atoms with van der Waals surface area (Å²) in [5.41, 5.74) is 2.76. The Labute approximate surface area is 178 Å². The largest absolute Gasteiger partial charge is 0.356 e. The number of nitrogens with one attached hydrogen (secondary N) is 3. The van der Waals surface area contributed by atoms with E-state index < -0.39 is 10.0 Å². The van der Waals surface area contributed by atoms with Crippen molar-refractivity contribution in [2.24, 2.45) is 4.99 Å². The number of halogens is 1. The van der Waals surface area contributed by atoms with Gasteiger partial charge >= 0.3 is 0 Å². The van der Waals surface area contributed by atoms with Gasteiger partial charge in [0.25, 0.3) is 0 Å². The van der Waals surface area contributed by atoms with E-state index in [4.69, 9.17) is 0 Å². The number of aromatic nitrogens is 1. The average molecular weight is 503 g/mol. The summed E-state index contributed by atoms with van der Waals surface area (Å²) in [4.78, 5) is 8.48. The maximum Gasteiger partial charge on any atom is 0.215 e. The van der Waals surface area contributed by atoms with Gasteiger partial charge in [0.2, 0.25) is 10.0 Å². The van der Waals surface area contributed by atoms with Gasteiger partial charge < -0.3 is 10.6 Å². The van der Waals surface area contributed by atoms with E-state index in [2.05, 4.69) is 25.3 Å². The molecule has 0 fully saturated rings. The zero-order chi connectivity index (χ0) is 18.8. The van der Waals surface area contributed by atoms with Crippen LogP contribution in [0.1, 0.15) is 16.8 Å². The Balaban J connectivity index is 0.00000364. The predicted molar refractivity (Wildman–Crippen MR) is 120 cm³/mol. The van der Waals surface area contributed by atoms with E-state index in [0.29, 0.717) is 12.5 Å². The molecule has 0 aliphatic rings. The van der Waals surface area contributed by atoms with E-state index >= 15 is 0 Å². The standard InChI is InChI=1S/C18H25N5O2S.HI/c1-19-18(22-11-9-17-8-3-4-10-21-17)23-13-15-6-5-7-16(12-15)14-26(24,25)20-2;/h3-8,10,12,20H,9,11,13-14H2,1-2H3,(H2,19,22,23);1H. The predicted octanol–water partition coefficient (Wildman–Crippen LogP) is 1.66. The number of rotatable bonds is 8. The highest BCUT2D eigenvalue weighted by Gasteiger charge is 2.09. The molecule has 0 radical (unpaired) electrons. The van der Waals surface area contributed by atoms with Gasteiger partial charge in [-0.3, -0.25) is 9.98 Å². The van der Waals surface area contributed by atoms with Crippen LogP contribution in [-0.4, -0.2) is 40.0 Å². The van der Waals surface area contributed by atoms with Crippen molar-refractivity contribution < 1.29 is 8.42 Å². The van der Waals surface area contributed by atoms with Crippen molar-refractivity contribution in [2.75, 3.05) is 20.6 Å². The van der Waals surface area contributed by atoms with Crippen molar-refractivity contribution in [1.29, 1.82) is 0 Å². The summed E-state index contributed by atoms with van der Waals surface area (Å²) in [7, 11) is -0.144. The van der Waals surface area contributed by atoms with Gasteiger partial charge in [0, 0.05) is 38.4 Å². The third-order valence-electron chi connectivity index (χ3n) is 3.74. The molecule has 2 aromatic rings. The van der Waals surface area contributed by atoms with Crippen LogP contribution in [0.15, 0.2) is 53.7 Å². The number of guanidine groups is 1. The topological polar surface area (TPSA) is 95.5 Å². The number of hydrogen-bond donors (Lipinski definition) is 3. The Morgan fingerprint density at radius 1 is 1.11 bits per heavy atom. The van der Waals surface area contributed by atoms with Crippen molar-refractivity contribution in [3.63, 3.8) is 0 Å². The van der Waals surface area contributed by atoms with Crippen LogP contribution in [0.4, 0.5) is 0 Å². The van der Waals surface area contributed by atoms with Crippen LogP contribution in [-0.2, 0) is 28.7 Å². The minimum absolute atomic E-state index is 0. The molecule has 0 unspecified atom stereocenters. The minimum atomic E-state index is -3.28. The number of benzene rings is 1. The molecule has 9 heteroatoms. The molecule has 1 heterocycles. The lowest BCUT2D eigenvalue weighted by molar-refractivity contribution is 0.587. The molecule has 0 bridgehead atoms. The van der Waals surface area contributed by atoms with Gasteiger partial charge in [-0.05, 0) is 30.3 Å². The maximum absolute atomic E-state index is 11.7. The van der Waals surface area contributed by atoms with Gasteiger partial charge in [0.15, 0.2) is 5.96 Å². The highest BCUT2D eigenvalue weighted by atomic mass is 127. The molecular weight excluding hydrogens is 477 g/mol. The molecule has 1 aromatic heterocycles. The van der Waals surface area contributed by atoms with Gasteiger partial charge in [-0.2, -0.15) is 0 Å². The van der Waals surface area contributed by atoms with Crippen molar-refractivity contribution in [3.05, 3.63) is 65.5 Å². The Morgan fingerprint density at radius 3 is 2.56 bits per heavy atom. The summed E-state index contributed by atoms with van der Waals surface area (Å²) in [6, 6.07) is 13.3. The van der Waals surface area contributed by atoms with Gasteiger partial charge in [-0.1, -0.05) is 30.3 Å². The fraction of sp³-hybridized carbons (Fsp3) is 0.333. The Hall–Kier alpha value is -1.72. The first-order chi connectivity index (χ1) is 12.5. The first-order valence-electron chi connectivity index (χ1n) is 8.36. The number of sulfonamides is 1. The van der Waals surface area contributed by atoms with Crippen LogP contribution in [0.5, 0.6) is 0 Å². The molecule has 3 N–H and O–H groups in total. The molecule has 2 rings (SSSR count). The molecular formula is C18H26IN5O2S. The maximum atomic E-state index is 11.7. The summed E-state index contributed by atoms with van der Waals surface area (Å²) < 4.78 is 25.7. The highest BCUT2D eigenvalue weighted by Crippen LogP contribution is 2.08. The van der Waals surface area contributed by atoms with Crippen LogP contribution in [0.3, 0.4) is 0 Å². The zero-order valence-corrected chi connectivity index (χ0v) is 18.6. The van der Waals surface area contributed by atoms with Crippen LogP contribution < -0.4 is 15.4 Å². The van der Waals surface area contributed by atoms with E-state index in [0.717, 1.165) is 29.8 Å². The lowest BCUT2D eigenvalue weighted by Gasteiger charge is -2.12. The van der Waals surface area contributed by atoms with Crippen LogP contribution >= 0.6 is 24.0 Å². The number of hydrogen-bond acceptors (Lipinski definition) is 4. The lowest BCUT2D eigenvalue weighted by Crippen LogP contribution is -2.37. The number of pyridine rings is 1. The molecule has 0 aliphatic carbocycles. The average Bonchev–Trinajstić information content (AvgIpc) is 2.65. The summed E-state index contributed by atoms with van der Waals surface area (Å²) >= 11 is 0. The lowest BCUT2D eigenvalue weighted by atomic mass is 10.1. The van der Waals surface area contributed by atoms with Crippen LogP contribution in [0.25, 0.3) is 0 Å². The third kappa shape index (κ3) is 8.67.